The topological polar surface area (TPSA) is 38.3 Å². The molecule has 1 saturated carbocycles. The van der Waals surface area contributed by atoms with E-state index in [4.69, 9.17) is 4.74 Å². The van der Waals surface area contributed by atoms with Gasteiger partial charge in [0.25, 0.3) is 0 Å². The van der Waals surface area contributed by atoms with Gasteiger partial charge in [-0.3, -0.25) is 4.79 Å². The maximum Gasteiger partial charge on any atom is 0.220 e. The van der Waals surface area contributed by atoms with Crippen molar-refractivity contribution in [3.63, 3.8) is 0 Å². The van der Waals surface area contributed by atoms with Crippen molar-refractivity contribution in [2.75, 3.05) is 13.7 Å². The average Bonchev–Trinajstić information content (AvgIpc) is 3.46. The third kappa shape index (κ3) is 5.05. The van der Waals surface area contributed by atoms with Gasteiger partial charge in [-0.2, -0.15) is 0 Å². The lowest BCUT2D eigenvalue weighted by Gasteiger charge is -2.17. The summed E-state index contributed by atoms with van der Waals surface area (Å²) in [5.41, 5.74) is 2.23. The van der Waals surface area contributed by atoms with Gasteiger partial charge in [-0.25, -0.2) is 4.39 Å². The number of nitrogens with one attached hydrogen (secondary N) is 1. The summed E-state index contributed by atoms with van der Waals surface area (Å²) < 4.78 is 18.1. The molecule has 0 heterocycles. The number of ether oxygens (including phenoxy) is 1. The summed E-state index contributed by atoms with van der Waals surface area (Å²) in [6.07, 6.45) is 3.61. The van der Waals surface area contributed by atoms with Crippen LogP contribution in [-0.4, -0.2) is 19.6 Å². The molecule has 1 aliphatic carbocycles. The number of methoxy groups -OCH3 is 1. The molecule has 1 amide bonds. The second kappa shape index (κ2) is 8.15. The molecule has 0 aromatic heterocycles. The molecule has 0 saturated heterocycles. The lowest BCUT2D eigenvalue weighted by Crippen LogP contribution is -2.27. The van der Waals surface area contributed by atoms with Crippen LogP contribution in [0.4, 0.5) is 4.39 Å². The van der Waals surface area contributed by atoms with Gasteiger partial charge < -0.3 is 10.1 Å². The van der Waals surface area contributed by atoms with Crippen LogP contribution < -0.4 is 10.1 Å². The van der Waals surface area contributed by atoms with Crippen LogP contribution in [0.15, 0.2) is 48.5 Å². The van der Waals surface area contributed by atoms with Gasteiger partial charge in [0, 0.05) is 13.0 Å². The molecule has 0 bridgehead atoms. The number of hydrogen-bond acceptors (Lipinski definition) is 2. The molecule has 4 heteroatoms. The SMILES string of the molecule is COc1ccc(C(CC(=O)NCCc2ccc(F)cc2)C2CC2)cc1. The average molecular weight is 341 g/mol. The fourth-order valence-electron chi connectivity index (χ4n) is 3.18. The van der Waals surface area contributed by atoms with E-state index in [2.05, 4.69) is 17.4 Å². The van der Waals surface area contributed by atoms with Crippen molar-refractivity contribution in [1.29, 1.82) is 0 Å². The first-order chi connectivity index (χ1) is 12.2. The van der Waals surface area contributed by atoms with E-state index in [1.54, 1.807) is 19.2 Å². The molecule has 3 rings (SSSR count). The van der Waals surface area contributed by atoms with E-state index in [0.29, 0.717) is 25.3 Å². The molecule has 0 radical (unpaired) electrons. The van der Waals surface area contributed by atoms with E-state index in [1.165, 1.54) is 30.5 Å². The Morgan fingerprint density at radius 1 is 1.16 bits per heavy atom. The monoisotopic (exact) mass is 341 g/mol. The van der Waals surface area contributed by atoms with Crippen molar-refractivity contribution in [2.24, 2.45) is 5.92 Å². The second-order valence-corrected chi connectivity index (χ2v) is 6.65. The van der Waals surface area contributed by atoms with E-state index in [0.717, 1.165) is 11.3 Å². The third-order valence-corrected chi connectivity index (χ3v) is 4.79. The number of amides is 1. The highest BCUT2D eigenvalue weighted by atomic mass is 19.1. The summed E-state index contributed by atoms with van der Waals surface area (Å²) in [5.74, 6) is 1.56. The van der Waals surface area contributed by atoms with Crippen LogP contribution in [0.3, 0.4) is 0 Å². The summed E-state index contributed by atoms with van der Waals surface area (Å²) >= 11 is 0. The van der Waals surface area contributed by atoms with Crippen molar-refractivity contribution in [3.8, 4) is 5.75 Å². The highest BCUT2D eigenvalue weighted by Crippen LogP contribution is 2.44. The van der Waals surface area contributed by atoms with E-state index < -0.39 is 0 Å². The molecule has 3 nitrogen and oxygen atoms in total. The van der Waals surface area contributed by atoms with Crippen LogP contribution in [0.25, 0.3) is 0 Å². The Balaban J connectivity index is 1.51. The molecule has 0 spiro atoms. The molecule has 1 fully saturated rings. The minimum absolute atomic E-state index is 0.0785. The van der Waals surface area contributed by atoms with Gasteiger partial charge in [0.2, 0.25) is 5.91 Å². The molecular weight excluding hydrogens is 317 g/mol. The van der Waals surface area contributed by atoms with Gasteiger partial charge in [0.15, 0.2) is 0 Å². The van der Waals surface area contributed by atoms with Crippen LogP contribution in [0.5, 0.6) is 5.75 Å². The Morgan fingerprint density at radius 2 is 1.84 bits per heavy atom. The minimum atomic E-state index is -0.237. The fraction of sp³-hybridized carbons (Fsp3) is 0.381. The Hall–Kier alpha value is -2.36. The van der Waals surface area contributed by atoms with Crippen LogP contribution in [0.2, 0.25) is 0 Å². The van der Waals surface area contributed by atoms with Gasteiger partial charge in [0.05, 0.1) is 7.11 Å². The number of halogens is 1. The van der Waals surface area contributed by atoms with Gasteiger partial charge in [0.1, 0.15) is 11.6 Å². The summed E-state index contributed by atoms with van der Waals surface area (Å²) in [6.45, 7) is 0.574. The first-order valence-corrected chi connectivity index (χ1v) is 8.81. The molecule has 1 N–H and O–H groups in total. The molecule has 0 aliphatic heterocycles. The first-order valence-electron chi connectivity index (χ1n) is 8.81. The van der Waals surface area contributed by atoms with E-state index in [-0.39, 0.29) is 17.6 Å². The summed E-state index contributed by atoms with van der Waals surface area (Å²) in [6, 6.07) is 14.4. The molecule has 1 aliphatic rings. The van der Waals surface area contributed by atoms with Gasteiger partial charge in [-0.05, 0) is 66.5 Å². The minimum Gasteiger partial charge on any atom is -0.497 e. The molecule has 1 atom stereocenters. The standard InChI is InChI=1S/C21H24FNO2/c1-25-19-10-6-17(7-11-19)20(16-4-5-16)14-21(24)23-13-12-15-2-8-18(22)9-3-15/h2-3,6-11,16,20H,4-5,12-14H2,1H3,(H,23,24). The third-order valence-electron chi connectivity index (χ3n) is 4.79. The zero-order valence-electron chi connectivity index (χ0n) is 14.5. The number of carbonyl (C=O) groups excluding carboxylic acids is 1. The molecule has 25 heavy (non-hydrogen) atoms. The first kappa shape index (κ1) is 17.5. The Kier molecular flexibility index (Phi) is 5.69. The van der Waals surface area contributed by atoms with E-state index >= 15 is 0 Å². The highest BCUT2D eigenvalue weighted by Gasteiger charge is 2.33. The molecule has 2 aromatic rings. The maximum absolute atomic E-state index is 12.9. The number of benzene rings is 2. The van der Waals surface area contributed by atoms with E-state index in [1.807, 2.05) is 12.1 Å². The van der Waals surface area contributed by atoms with Gasteiger partial charge >= 0.3 is 0 Å². The Bertz CT molecular complexity index is 693. The van der Waals surface area contributed by atoms with Gasteiger partial charge in [-0.1, -0.05) is 24.3 Å². The molecule has 2 aromatic carbocycles. The number of hydrogen-bond donors (Lipinski definition) is 1. The predicted molar refractivity (Wildman–Crippen MR) is 96.2 cm³/mol. The van der Waals surface area contributed by atoms with Crippen molar-refractivity contribution >= 4 is 5.91 Å². The summed E-state index contributed by atoms with van der Waals surface area (Å²) in [4.78, 5) is 12.3. The number of carbonyl (C=O) groups is 1. The highest BCUT2D eigenvalue weighted by molar-refractivity contribution is 5.77. The summed E-state index contributed by atoms with van der Waals surface area (Å²) in [7, 11) is 1.65. The fourth-order valence-corrected chi connectivity index (χ4v) is 3.18. The number of rotatable bonds is 8. The molecular formula is C21H24FNO2. The smallest absolute Gasteiger partial charge is 0.220 e. The van der Waals surface area contributed by atoms with Crippen LogP contribution in [-0.2, 0) is 11.2 Å². The predicted octanol–water partition coefficient (Wildman–Crippen LogP) is 4.08. The van der Waals surface area contributed by atoms with Crippen LogP contribution >= 0.6 is 0 Å². The van der Waals surface area contributed by atoms with Crippen molar-refractivity contribution in [2.45, 2.75) is 31.6 Å². The summed E-state index contributed by atoms with van der Waals surface area (Å²) in [5, 5.41) is 2.99. The largest absolute Gasteiger partial charge is 0.497 e. The second-order valence-electron chi connectivity index (χ2n) is 6.65. The Labute approximate surface area is 148 Å². The zero-order chi connectivity index (χ0) is 17.6. The lowest BCUT2D eigenvalue weighted by atomic mass is 9.90. The lowest BCUT2D eigenvalue weighted by molar-refractivity contribution is -0.121. The maximum atomic E-state index is 12.9. The normalized spacial score (nSPS) is 14.8. The quantitative estimate of drug-likeness (QED) is 0.786. The van der Waals surface area contributed by atoms with Crippen LogP contribution in [0.1, 0.15) is 36.3 Å². The van der Waals surface area contributed by atoms with Gasteiger partial charge in [-0.15, -0.1) is 0 Å². The van der Waals surface area contributed by atoms with Crippen molar-refractivity contribution in [1.82, 2.24) is 5.32 Å². The van der Waals surface area contributed by atoms with Crippen molar-refractivity contribution in [3.05, 3.63) is 65.5 Å². The molecule has 1 unspecified atom stereocenters. The van der Waals surface area contributed by atoms with Crippen LogP contribution in [0, 0.1) is 11.7 Å². The zero-order valence-corrected chi connectivity index (χ0v) is 14.5. The van der Waals surface area contributed by atoms with Crippen molar-refractivity contribution < 1.29 is 13.9 Å². The van der Waals surface area contributed by atoms with E-state index in [9.17, 15) is 9.18 Å². The Morgan fingerprint density at radius 3 is 2.44 bits per heavy atom. The molecule has 132 valence electrons.